The maximum absolute atomic E-state index is 12.1. The Labute approximate surface area is 87.7 Å². The molecule has 0 aliphatic rings. The van der Waals surface area contributed by atoms with Gasteiger partial charge in [-0.25, -0.2) is 0 Å². The fraction of sp³-hybridized carbons (Fsp3) is 0.111. The monoisotopic (exact) mass is 230 g/mol. The Morgan fingerprint density at radius 1 is 1.19 bits per heavy atom. The zero-order chi connectivity index (χ0) is 11.6. The molecule has 1 aromatic heterocycles. The first kappa shape index (κ1) is 10.5. The van der Waals surface area contributed by atoms with Crippen LogP contribution >= 0.6 is 0 Å². The molecule has 2 rings (SSSR count). The Balaban J connectivity index is 2.39. The van der Waals surface area contributed by atoms with Crippen molar-refractivity contribution >= 4 is 0 Å². The Morgan fingerprint density at radius 3 is 2.56 bits per heavy atom. The fourth-order valence-corrected chi connectivity index (χ4v) is 1.15. The summed E-state index contributed by atoms with van der Waals surface area (Å²) in [5.41, 5.74) is 0.0947. The van der Waals surface area contributed by atoms with Gasteiger partial charge in [0.2, 0.25) is 6.39 Å². The van der Waals surface area contributed by atoms with Crippen LogP contribution in [0.15, 0.2) is 35.1 Å². The number of hydrogen-bond donors (Lipinski definition) is 0. The smallest absolute Gasteiger partial charge is 0.423 e. The molecule has 7 heteroatoms. The minimum atomic E-state index is -4.75. The molecule has 4 nitrogen and oxygen atoms in total. The Bertz CT molecular complexity index is 468. The minimum absolute atomic E-state index is 0.0279. The molecule has 1 heterocycles. The summed E-state index contributed by atoms with van der Waals surface area (Å²) in [6.07, 6.45) is -3.73. The highest BCUT2D eigenvalue weighted by molar-refractivity contribution is 5.62. The highest BCUT2D eigenvalue weighted by Crippen LogP contribution is 2.32. The predicted octanol–water partition coefficient (Wildman–Crippen LogP) is 2.64. The third-order valence-electron chi connectivity index (χ3n) is 1.70. The molecular weight excluding hydrogens is 225 g/mol. The highest BCUT2D eigenvalue weighted by Gasteiger charge is 2.32. The number of hydrogen-bond acceptors (Lipinski definition) is 4. The Kier molecular flexibility index (Phi) is 2.51. The molecule has 2 aromatic rings. The zero-order valence-electron chi connectivity index (χ0n) is 7.73. The number of rotatable bonds is 2. The number of para-hydroxylation sites is 1. The van der Waals surface area contributed by atoms with E-state index in [0.717, 1.165) is 6.39 Å². The largest absolute Gasteiger partial charge is 0.573 e. The molecular formula is C9H5F3N2O2. The summed E-state index contributed by atoms with van der Waals surface area (Å²) >= 11 is 0. The minimum Gasteiger partial charge on any atom is -0.423 e. The van der Waals surface area contributed by atoms with Gasteiger partial charge in [0, 0.05) is 0 Å². The summed E-state index contributed by atoms with van der Waals surface area (Å²) in [4.78, 5) is 0. The van der Waals surface area contributed by atoms with Crippen LogP contribution in [-0.4, -0.2) is 16.6 Å². The third-order valence-corrected chi connectivity index (χ3v) is 1.70. The summed E-state index contributed by atoms with van der Waals surface area (Å²) in [5, 5.41) is 6.90. The van der Waals surface area contributed by atoms with Crippen molar-refractivity contribution < 1.29 is 22.3 Å². The number of benzene rings is 1. The second-order valence-corrected chi connectivity index (χ2v) is 2.79. The quantitative estimate of drug-likeness (QED) is 0.795. The van der Waals surface area contributed by atoms with Gasteiger partial charge in [-0.05, 0) is 12.1 Å². The lowest BCUT2D eigenvalue weighted by Gasteiger charge is -2.10. The van der Waals surface area contributed by atoms with Crippen LogP contribution in [0.5, 0.6) is 5.75 Å². The van der Waals surface area contributed by atoms with E-state index in [4.69, 9.17) is 4.42 Å². The van der Waals surface area contributed by atoms with Gasteiger partial charge < -0.3 is 9.15 Å². The Hall–Kier alpha value is -2.05. The van der Waals surface area contributed by atoms with Crippen LogP contribution in [0.2, 0.25) is 0 Å². The summed E-state index contributed by atoms with van der Waals surface area (Å²) in [6.45, 7) is 0. The molecule has 0 atom stereocenters. The van der Waals surface area contributed by atoms with Crippen LogP contribution in [0.4, 0.5) is 13.2 Å². The molecule has 0 amide bonds. The van der Waals surface area contributed by atoms with Gasteiger partial charge in [0.15, 0.2) is 0 Å². The van der Waals surface area contributed by atoms with Gasteiger partial charge in [-0.15, -0.1) is 23.4 Å². The van der Waals surface area contributed by atoms with Crippen molar-refractivity contribution in [1.29, 1.82) is 0 Å². The molecule has 84 valence electrons. The van der Waals surface area contributed by atoms with Crippen molar-refractivity contribution in [2.24, 2.45) is 0 Å². The molecule has 1 aromatic carbocycles. The van der Waals surface area contributed by atoms with Gasteiger partial charge in [-0.2, -0.15) is 0 Å². The van der Waals surface area contributed by atoms with E-state index in [-0.39, 0.29) is 17.2 Å². The van der Waals surface area contributed by atoms with Gasteiger partial charge in [-0.3, -0.25) is 0 Å². The molecule has 0 saturated carbocycles. The van der Waals surface area contributed by atoms with Gasteiger partial charge >= 0.3 is 6.36 Å². The van der Waals surface area contributed by atoms with E-state index >= 15 is 0 Å². The Morgan fingerprint density at radius 2 is 1.94 bits per heavy atom. The zero-order valence-corrected chi connectivity index (χ0v) is 7.73. The lowest BCUT2D eigenvalue weighted by molar-refractivity contribution is -0.274. The fourth-order valence-electron chi connectivity index (χ4n) is 1.15. The van der Waals surface area contributed by atoms with E-state index in [2.05, 4.69) is 14.9 Å². The van der Waals surface area contributed by atoms with Crippen LogP contribution in [0, 0.1) is 0 Å². The van der Waals surface area contributed by atoms with Crippen LogP contribution in [-0.2, 0) is 0 Å². The first-order valence-corrected chi connectivity index (χ1v) is 4.17. The summed E-state index contributed by atoms with van der Waals surface area (Å²) in [7, 11) is 0. The van der Waals surface area contributed by atoms with Crippen molar-refractivity contribution in [2.75, 3.05) is 0 Å². The van der Waals surface area contributed by atoms with Crippen molar-refractivity contribution in [1.82, 2.24) is 10.2 Å². The SMILES string of the molecule is FC(F)(F)Oc1ccccc1-c1nnco1. The third kappa shape index (κ3) is 2.30. The van der Waals surface area contributed by atoms with Crippen molar-refractivity contribution in [3.8, 4) is 17.2 Å². The first-order chi connectivity index (χ1) is 7.56. The average molecular weight is 230 g/mol. The molecule has 0 fully saturated rings. The van der Waals surface area contributed by atoms with E-state index in [1.807, 2.05) is 0 Å². The molecule has 0 aliphatic carbocycles. The standard InChI is InChI=1S/C9H5F3N2O2/c10-9(11,12)16-7-4-2-1-3-6(7)8-14-13-5-15-8/h1-5H. The van der Waals surface area contributed by atoms with E-state index in [0.29, 0.717) is 0 Å². The van der Waals surface area contributed by atoms with Crippen molar-refractivity contribution in [3.05, 3.63) is 30.7 Å². The average Bonchev–Trinajstić information content (AvgIpc) is 2.69. The number of halogens is 3. The van der Waals surface area contributed by atoms with E-state index < -0.39 is 6.36 Å². The normalized spacial score (nSPS) is 11.4. The molecule has 0 radical (unpaired) electrons. The second-order valence-electron chi connectivity index (χ2n) is 2.79. The van der Waals surface area contributed by atoms with E-state index in [9.17, 15) is 13.2 Å². The summed E-state index contributed by atoms with van der Waals surface area (Å²) in [5.74, 6) is -0.404. The predicted molar refractivity (Wildman–Crippen MR) is 46.4 cm³/mol. The van der Waals surface area contributed by atoms with Gasteiger partial charge in [0.25, 0.3) is 5.89 Å². The molecule has 0 spiro atoms. The second kappa shape index (κ2) is 3.84. The van der Waals surface area contributed by atoms with Gasteiger partial charge in [0.1, 0.15) is 5.75 Å². The maximum Gasteiger partial charge on any atom is 0.573 e. The lowest BCUT2D eigenvalue weighted by Crippen LogP contribution is -2.17. The first-order valence-electron chi connectivity index (χ1n) is 4.17. The summed E-state index contributed by atoms with van der Waals surface area (Å²) < 4.78 is 44.9. The van der Waals surface area contributed by atoms with Crippen molar-refractivity contribution in [2.45, 2.75) is 6.36 Å². The maximum atomic E-state index is 12.1. The number of alkyl halides is 3. The van der Waals surface area contributed by atoms with Crippen LogP contribution < -0.4 is 4.74 Å². The molecule has 0 bridgehead atoms. The number of nitrogens with zero attached hydrogens (tertiary/aromatic N) is 2. The highest BCUT2D eigenvalue weighted by atomic mass is 19.4. The topological polar surface area (TPSA) is 48.2 Å². The van der Waals surface area contributed by atoms with E-state index in [1.54, 1.807) is 6.07 Å². The van der Waals surface area contributed by atoms with Crippen LogP contribution in [0.25, 0.3) is 11.5 Å². The van der Waals surface area contributed by atoms with Crippen LogP contribution in [0.1, 0.15) is 0 Å². The summed E-state index contributed by atoms with van der Waals surface area (Å²) in [6, 6.07) is 5.53. The molecule has 0 saturated heterocycles. The molecule has 0 aliphatic heterocycles. The van der Waals surface area contributed by atoms with Gasteiger partial charge in [-0.1, -0.05) is 12.1 Å². The van der Waals surface area contributed by atoms with Crippen molar-refractivity contribution in [3.63, 3.8) is 0 Å². The van der Waals surface area contributed by atoms with E-state index in [1.165, 1.54) is 18.2 Å². The lowest BCUT2D eigenvalue weighted by atomic mass is 10.2. The molecule has 0 N–H and O–H groups in total. The number of ether oxygens (including phenoxy) is 1. The number of aromatic nitrogens is 2. The van der Waals surface area contributed by atoms with Crippen LogP contribution in [0.3, 0.4) is 0 Å². The van der Waals surface area contributed by atoms with Gasteiger partial charge in [0.05, 0.1) is 5.56 Å². The molecule has 0 unspecified atom stereocenters. The molecule has 16 heavy (non-hydrogen) atoms.